The summed E-state index contributed by atoms with van der Waals surface area (Å²) in [5.74, 6) is 0.0170. The zero-order valence-electron chi connectivity index (χ0n) is 22.3. The summed E-state index contributed by atoms with van der Waals surface area (Å²) in [6, 6.07) is 9.05. The molecule has 0 aliphatic carbocycles. The van der Waals surface area contributed by atoms with Crippen LogP contribution in [0.1, 0.15) is 31.7 Å². The number of benzene rings is 2. The van der Waals surface area contributed by atoms with Crippen molar-refractivity contribution < 1.29 is 32.6 Å². The average molecular weight is 541 g/mol. The van der Waals surface area contributed by atoms with Gasteiger partial charge in [-0.2, -0.15) is 0 Å². The molecule has 1 aromatic heterocycles. The summed E-state index contributed by atoms with van der Waals surface area (Å²) in [5.41, 5.74) is 1.02. The lowest BCUT2D eigenvalue weighted by Gasteiger charge is -2.39. The molecule has 0 bridgehead atoms. The second kappa shape index (κ2) is 13.0. The largest absolute Gasteiger partial charge is 0.496 e. The molecule has 0 radical (unpaired) electrons. The predicted molar refractivity (Wildman–Crippen MR) is 143 cm³/mol. The normalized spacial score (nSPS) is 15.3. The predicted octanol–water partition coefficient (Wildman–Crippen LogP) is 5.10. The van der Waals surface area contributed by atoms with Crippen molar-refractivity contribution >= 4 is 23.6 Å². The van der Waals surface area contributed by atoms with E-state index in [1.54, 1.807) is 25.3 Å². The Bertz CT molecular complexity index is 1270. The SMILES string of the molecule is CCCCCOc1cc(N2CC(C(=O)Nc3ncco3)CN(Cc3cc(F)ccc3OC)C2=O)ccc1OC. The van der Waals surface area contributed by atoms with Crippen LogP contribution >= 0.6 is 0 Å². The Morgan fingerprint density at radius 3 is 2.62 bits per heavy atom. The first-order valence-corrected chi connectivity index (χ1v) is 12.8. The number of amides is 3. The third-order valence-corrected chi connectivity index (χ3v) is 6.45. The van der Waals surface area contributed by atoms with Crippen LogP contribution in [0.2, 0.25) is 0 Å². The van der Waals surface area contributed by atoms with Crippen LogP contribution in [0.25, 0.3) is 0 Å². The van der Waals surface area contributed by atoms with E-state index >= 15 is 0 Å². The maximum Gasteiger partial charge on any atom is 0.324 e. The van der Waals surface area contributed by atoms with E-state index in [-0.39, 0.29) is 37.6 Å². The number of unbranched alkanes of at least 4 members (excludes halogenated alkanes) is 2. The first kappa shape index (κ1) is 27.7. The highest BCUT2D eigenvalue weighted by molar-refractivity contribution is 5.98. The zero-order chi connectivity index (χ0) is 27.8. The van der Waals surface area contributed by atoms with Crippen LogP contribution in [0.15, 0.2) is 53.3 Å². The Balaban J connectivity index is 1.64. The first-order chi connectivity index (χ1) is 18.9. The van der Waals surface area contributed by atoms with Gasteiger partial charge in [-0.1, -0.05) is 19.8 Å². The number of ether oxygens (including phenoxy) is 3. The number of nitrogens with one attached hydrogen (secondary N) is 1. The smallest absolute Gasteiger partial charge is 0.324 e. The number of rotatable bonds is 12. The van der Waals surface area contributed by atoms with Gasteiger partial charge in [0.15, 0.2) is 11.5 Å². The Morgan fingerprint density at radius 2 is 1.90 bits per heavy atom. The quantitative estimate of drug-likeness (QED) is 0.319. The number of methoxy groups -OCH3 is 2. The number of nitrogens with zero attached hydrogens (tertiary/aromatic N) is 3. The van der Waals surface area contributed by atoms with Gasteiger partial charge in [0, 0.05) is 30.4 Å². The van der Waals surface area contributed by atoms with Gasteiger partial charge in [-0.15, -0.1) is 0 Å². The number of carbonyl (C=O) groups is 2. The Morgan fingerprint density at radius 1 is 1.10 bits per heavy atom. The van der Waals surface area contributed by atoms with E-state index in [2.05, 4.69) is 17.2 Å². The molecule has 1 aliphatic heterocycles. The topological polar surface area (TPSA) is 106 Å². The monoisotopic (exact) mass is 540 g/mol. The number of carbonyl (C=O) groups excluding carboxylic acids is 2. The van der Waals surface area contributed by atoms with Crippen LogP contribution in [-0.4, -0.2) is 55.7 Å². The minimum absolute atomic E-state index is 0.0373. The molecule has 11 heteroatoms. The van der Waals surface area contributed by atoms with Crippen LogP contribution in [0.4, 0.5) is 20.9 Å². The van der Waals surface area contributed by atoms with Crippen LogP contribution < -0.4 is 24.4 Å². The summed E-state index contributed by atoms with van der Waals surface area (Å²) in [6.45, 7) is 2.86. The Labute approximate surface area is 226 Å². The highest BCUT2D eigenvalue weighted by Crippen LogP contribution is 2.34. The molecule has 1 aliphatic rings. The molecule has 1 atom stereocenters. The van der Waals surface area contributed by atoms with Gasteiger partial charge in [-0.3, -0.25) is 15.0 Å². The number of oxazole rings is 1. The fourth-order valence-corrected chi connectivity index (χ4v) is 4.43. The Hall–Kier alpha value is -4.28. The van der Waals surface area contributed by atoms with Gasteiger partial charge in [-0.05, 0) is 36.8 Å². The van der Waals surface area contributed by atoms with Gasteiger partial charge in [0.05, 0.1) is 39.5 Å². The fourth-order valence-electron chi connectivity index (χ4n) is 4.43. The molecule has 1 fully saturated rings. The lowest BCUT2D eigenvalue weighted by Crippen LogP contribution is -2.56. The van der Waals surface area contributed by atoms with E-state index in [9.17, 15) is 14.0 Å². The van der Waals surface area contributed by atoms with Crippen molar-refractivity contribution in [3.05, 3.63) is 60.2 Å². The summed E-state index contributed by atoms with van der Waals surface area (Å²) in [7, 11) is 3.03. The highest BCUT2D eigenvalue weighted by Gasteiger charge is 2.37. The molecule has 3 aromatic rings. The van der Waals surface area contributed by atoms with Crippen LogP contribution in [0.5, 0.6) is 17.2 Å². The molecule has 1 unspecified atom stereocenters. The number of urea groups is 1. The third kappa shape index (κ3) is 6.78. The van der Waals surface area contributed by atoms with Crippen LogP contribution in [-0.2, 0) is 11.3 Å². The fraction of sp³-hybridized carbons (Fsp3) is 0.393. The number of aromatic nitrogens is 1. The van der Waals surface area contributed by atoms with E-state index in [1.807, 2.05) is 0 Å². The molecule has 10 nitrogen and oxygen atoms in total. The van der Waals surface area contributed by atoms with E-state index in [1.165, 1.54) is 47.6 Å². The molecule has 3 amide bonds. The molecule has 1 N–H and O–H groups in total. The summed E-state index contributed by atoms with van der Waals surface area (Å²) in [5, 5.41) is 2.65. The molecule has 208 valence electrons. The van der Waals surface area contributed by atoms with Crippen molar-refractivity contribution in [2.75, 3.05) is 44.1 Å². The number of hydrogen-bond donors (Lipinski definition) is 1. The van der Waals surface area contributed by atoms with Gasteiger partial charge in [0.2, 0.25) is 5.91 Å². The van der Waals surface area contributed by atoms with Crippen molar-refractivity contribution in [2.45, 2.75) is 32.7 Å². The summed E-state index contributed by atoms with van der Waals surface area (Å²) < 4.78 is 36.1. The van der Waals surface area contributed by atoms with E-state index in [0.717, 1.165) is 19.3 Å². The van der Waals surface area contributed by atoms with Gasteiger partial charge in [0.1, 0.15) is 17.8 Å². The van der Waals surface area contributed by atoms with Crippen molar-refractivity contribution in [3.8, 4) is 17.2 Å². The molecule has 1 saturated heterocycles. The lowest BCUT2D eigenvalue weighted by molar-refractivity contribution is -0.120. The van der Waals surface area contributed by atoms with Crippen molar-refractivity contribution in [3.63, 3.8) is 0 Å². The average Bonchev–Trinajstić information content (AvgIpc) is 3.45. The molecule has 0 saturated carbocycles. The molecule has 2 heterocycles. The Kier molecular flexibility index (Phi) is 9.24. The zero-order valence-corrected chi connectivity index (χ0v) is 22.3. The number of halogens is 1. The van der Waals surface area contributed by atoms with Gasteiger partial charge < -0.3 is 23.5 Å². The molecule has 0 spiro atoms. The molecular weight excluding hydrogens is 507 g/mol. The molecular formula is C28H33FN4O6. The maximum atomic E-state index is 14.1. The van der Waals surface area contributed by atoms with Crippen molar-refractivity contribution in [1.82, 2.24) is 9.88 Å². The number of hydrogen-bond acceptors (Lipinski definition) is 7. The second-order valence-corrected chi connectivity index (χ2v) is 9.14. The second-order valence-electron chi connectivity index (χ2n) is 9.14. The van der Waals surface area contributed by atoms with E-state index < -0.39 is 11.7 Å². The van der Waals surface area contributed by atoms with Gasteiger partial charge in [0.25, 0.3) is 0 Å². The van der Waals surface area contributed by atoms with Crippen molar-refractivity contribution in [2.24, 2.45) is 5.92 Å². The minimum atomic E-state index is -0.648. The molecule has 39 heavy (non-hydrogen) atoms. The first-order valence-electron chi connectivity index (χ1n) is 12.8. The highest BCUT2D eigenvalue weighted by atomic mass is 19.1. The standard InChI is InChI=1S/C28H33FN4O6/c1-4-5-6-12-38-25-15-22(8-10-24(25)37-3)33-18-20(26(34)31-27-30-11-13-39-27)17-32(28(33)35)16-19-14-21(29)7-9-23(19)36-2/h7-11,13-15,20H,4-6,12,16-18H2,1-3H3,(H,30,31,34). The molecule has 4 rings (SSSR count). The summed E-state index contributed by atoms with van der Waals surface area (Å²) >= 11 is 0. The lowest BCUT2D eigenvalue weighted by atomic mass is 10.0. The van der Waals surface area contributed by atoms with Gasteiger partial charge in [-0.25, -0.2) is 14.2 Å². The van der Waals surface area contributed by atoms with E-state index in [4.69, 9.17) is 18.6 Å². The van der Waals surface area contributed by atoms with Crippen LogP contribution in [0, 0.1) is 11.7 Å². The minimum Gasteiger partial charge on any atom is -0.496 e. The third-order valence-electron chi connectivity index (χ3n) is 6.45. The van der Waals surface area contributed by atoms with E-state index in [0.29, 0.717) is 35.1 Å². The van der Waals surface area contributed by atoms with Gasteiger partial charge >= 0.3 is 12.0 Å². The summed E-state index contributed by atoms with van der Waals surface area (Å²) in [4.78, 5) is 33.9. The number of anilines is 2. The molecule has 2 aromatic carbocycles. The summed E-state index contributed by atoms with van der Waals surface area (Å²) in [6.07, 6.45) is 5.76. The van der Waals surface area contributed by atoms with Crippen molar-refractivity contribution in [1.29, 1.82) is 0 Å². The maximum absolute atomic E-state index is 14.1. The van der Waals surface area contributed by atoms with Crippen LogP contribution in [0.3, 0.4) is 0 Å².